The summed E-state index contributed by atoms with van der Waals surface area (Å²) < 4.78 is 22.8. The van der Waals surface area contributed by atoms with Crippen LogP contribution in [0, 0.1) is 24.6 Å². The lowest BCUT2D eigenvalue weighted by molar-refractivity contribution is 0.0509. The van der Waals surface area contributed by atoms with Gasteiger partial charge in [0.05, 0.1) is 11.7 Å². The molecule has 5 rings (SSSR count). The van der Waals surface area contributed by atoms with E-state index < -0.39 is 0 Å². The van der Waals surface area contributed by atoms with Crippen LogP contribution in [0.15, 0.2) is 61.1 Å². The number of halogens is 1. The number of ether oxygens (including phenoxy) is 1. The molecule has 2 fully saturated rings. The highest BCUT2D eigenvalue weighted by Crippen LogP contribution is 2.43. The third kappa shape index (κ3) is 3.84. The van der Waals surface area contributed by atoms with E-state index in [0.29, 0.717) is 17.6 Å². The molecule has 2 aliphatic rings. The first-order chi connectivity index (χ1) is 14.7. The van der Waals surface area contributed by atoms with Crippen LogP contribution in [0.2, 0.25) is 0 Å². The van der Waals surface area contributed by atoms with Crippen LogP contribution in [0.5, 0.6) is 5.75 Å². The number of nitrogens with zero attached hydrogens (tertiary/aromatic N) is 4. The molecule has 156 valence electrons. The Morgan fingerprint density at radius 1 is 1.00 bits per heavy atom. The van der Waals surface area contributed by atoms with Crippen LogP contribution < -0.4 is 4.74 Å². The van der Waals surface area contributed by atoms with Crippen molar-refractivity contribution < 1.29 is 9.13 Å². The molecule has 2 aromatic heterocycles. The fraction of sp³-hybridized carbons (Fsp3) is 0.417. The van der Waals surface area contributed by atoms with E-state index in [4.69, 9.17) is 4.74 Å². The van der Waals surface area contributed by atoms with Gasteiger partial charge in [0.1, 0.15) is 11.9 Å². The zero-order chi connectivity index (χ0) is 20.5. The van der Waals surface area contributed by atoms with Crippen LogP contribution in [-0.4, -0.2) is 38.6 Å². The lowest BCUT2D eigenvalue weighted by Crippen LogP contribution is -2.40. The van der Waals surface area contributed by atoms with Gasteiger partial charge in [-0.1, -0.05) is 18.2 Å². The predicted octanol–water partition coefficient (Wildman–Crippen LogP) is 4.26. The molecule has 1 aliphatic heterocycles. The van der Waals surface area contributed by atoms with Gasteiger partial charge in [0, 0.05) is 38.2 Å². The van der Waals surface area contributed by atoms with E-state index in [-0.39, 0.29) is 18.0 Å². The zero-order valence-corrected chi connectivity index (χ0v) is 17.2. The van der Waals surface area contributed by atoms with Crippen LogP contribution in [0.4, 0.5) is 4.39 Å². The molecule has 1 aromatic carbocycles. The van der Waals surface area contributed by atoms with Gasteiger partial charge < -0.3 is 9.30 Å². The van der Waals surface area contributed by atoms with Crippen LogP contribution in [0.25, 0.3) is 0 Å². The number of rotatable bonds is 5. The average Bonchev–Trinajstić information content (AvgIpc) is 3.34. The maximum absolute atomic E-state index is 14.3. The fourth-order valence-corrected chi connectivity index (χ4v) is 5.20. The number of aryl methyl sites for hydroxylation is 1. The number of hydrogen-bond donors (Lipinski definition) is 0. The second-order valence-electron chi connectivity index (χ2n) is 8.54. The Balaban J connectivity index is 1.36. The average molecular weight is 407 g/mol. The van der Waals surface area contributed by atoms with Crippen molar-refractivity contribution in [2.75, 3.05) is 13.1 Å². The van der Waals surface area contributed by atoms with Gasteiger partial charge in [0.2, 0.25) is 0 Å². The zero-order valence-electron chi connectivity index (χ0n) is 17.2. The molecule has 0 spiro atoms. The van der Waals surface area contributed by atoms with Gasteiger partial charge in [0.25, 0.3) is 0 Å². The van der Waals surface area contributed by atoms with Gasteiger partial charge in [-0.05, 0) is 55.9 Å². The Morgan fingerprint density at radius 2 is 1.80 bits per heavy atom. The van der Waals surface area contributed by atoms with E-state index in [2.05, 4.69) is 25.5 Å². The summed E-state index contributed by atoms with van der Waals surface area (Å²) in [6.07, 6.45) is 7.57. The first-order valence-corrected chi connectivity index (χ1v) is 10.7. The van der Waals surface area contributed by atoms with E-state index in [0.717, 1.165) is 44.0 Å². The molecular weight excluding hydrogens is 379 g/mol. The number of pyridine rings is 1. The first-order valence-electron chi connectivity index (χ1n) is 10.7. The minimum atomic E-state index is -0.302. The van der Waals surface area contributed by atoms with E-state index in [1.165, 1.54) is 6.07 Å². The molecule has 0 unspecified atom stereocenters. The molecule has 0 amide bonds. The summed E-state index contributed by atoms with van der Waals surface area (Å²) in [4.78, 5) is 11.4. The van der Waals surface area contributed by atoms with Crippen molar-refractivity contribution in [3.8, 4) is 5.75 Å². The van der Waals surface area contributed by atoms with Crippen LogP contribution in [0.3, 0.4) is 0 Å². The third-order valence-electron chi connectivity index (χ3n) is 6.61. The Hall–Kier alpha value is -2.73. The van der Waals surface area contributed by atoms with Gasteiger partial charge in [-0.3, -0.25) is 9.88 Å². The van der Waals surface area contributed by atoms with Crippen molar-refractivity contribution in [2.24, 2.45) is 11.8 Å². The second kappa shape index (κ2) is 8.19. The van der Waals surface area contributed by atoms with E-state index in [9.17, 15) is 4.39 Å². The number of benzene rings is 1. The van der Waals surface area contributed by atoms with E-state index >= 15 is 0 Å². The van der Waals surface area contributed by atoms with Gasteiger partial charge in [0.15, 0.2) is 11.6 Å². The summed E-state index contributed by atoms with van der Waals surface area (Å²) in [5.41, 5.74) is 1.11. The van der Waals surface area contributed by atoms with Crippen molar-refractivity contribution in [1.82, 2.24) is 19.4 Å². The van der Waals surface area contributed by atoms with Crippen LogP contribution in [-0.2, 0) is 6.54 Å². The molecule has 5 nitrogen and oxygen atoms in total. The molecule has 30 heavy (non-hydrogen) atoms. The third-order valence-corrected chi connectivity index (χ3v) is 6.61. The Labute approximate surface area is 176 Å². The van der Waals surface area contributed by atoms with Crippen molar-refractivity contribution in [2.45, 2.75) is 38.5 Å². The minimum absolute atomic E-state index is 0.0779. The van der Waals surface area contributed by atoms with E-state index in [1.54, 1.807) is 12.1 Å². The maximum Gasteiger partial charge on any atom is 0.165 e. The maximum atomic E-state index is 14.3. The van der Waals surface area contributed by atoms with Gasteiger partial charge in [-0.2, -0.15) is 0 Å². The monoisotopic (exact) mass is 406 g/mol. The van der Waals surface area contributed by atoms with Crippen molar-refractivity contribution >= 4 is 0 Å². The molecule has 0 bridgehead atoms. The molecule has 1 saturated heterocycles. The summed E-state index contributed by atoms with van der Waals surface area (Å²) in [5, 5.41) is 0. The number of para-hydroxylation sites is 1. The van der Waals surface area contributed by atoms with E-state index in [1.807, 2.05) is 43.7 Å². The summed E-state index contributed by atoms with van der Waals surface area (Å²) >= 11 is 0. The standard InChI is InChI=1S/C24H27FN4O/c1-17-26-10-11-29(17)22-12-18-14-28(16-20-6-4-5-9-27-20)15-19(18)13-24(22)30-23-8-3-2-7-21(23)25/h2-11,18-19,22,24H,12-16H2,1H3/t18-,19+,22-,24-/m0/s1. The van der Waals surface area contributed by atoms with Crippen molar-refractivity contribution in [3.63, 3.8) is 0 Å². The number of likely N-dealkylation sites (tertiary alicyclic amines) is 1. The molecule has 0 N–H and O–H groups in total. The highest BCUT2D eigenvalue weighted by molar-refractivity contribution is 5.24. The van der Waals surface area contributed by atoms with Crippen LogP contribution in [0.1, 0.15) is 30.4 Å². The van der Waals surface area contributed by atoms with Crippen LogP contribution >= 0.6 is 0 Å². The number of imidazole rings is 1. The van der Waals surface area contributed by atoms with Gasteiger partial charge in [-0.15, -0.1) is 0 Å². The molecule has 6 heteroatoms. The quantitative estimate of drug-likeness (QED) is 0.635. The predicted molar refractivity (Wildman–Crippen MR) is 113 cm³/mol. The highest BCUT2D eigenvalue weighted by Gasteiger charge is 2.44. The molecule has 1 aliphatic carbocycles. The molecule has 3 heterocycles. The van der Waals surface area contributed by atoms with Crippen molar-refractivity contribution in [1.29, 1.82) is 0 Å². The van der Waals surface area contributed by atoms with Crippen molar-refractivity contribution in [3.05, 3.63) is 78.4 Å². The molecule has 1 saturated carbocycles. The number of hydrogen-bond acceptors (Lipinski definition) is 4. The van der Waals surface area contributed by atoms with Gasteiger partial charge >= 0.3 is 0 Å². The topological polar surface area (TPSA) is 43.2 Å². The summed E-state index contributed by atoms with van der Waals surface area (Å²) in [7, 11) is 0. The minimum Gasteiger partial charge on any atom is -0.485 e. The smallest absolute Gasteiger partial charge is 0.165 e. The molecular formula is C24H27FN4O. The molecule has 0 radical (unpaired) electrons. The Kier molecular flexibility index (Phi) is 5.25. The highest BCUT2D eigenvalue weighted by atomic mass is 19.1. The largest absolute Gasteiger partial charge is 0.485 e. The number of fused-ring (bicyclic) bond motifs is 1. The summed E-state index contributed by atoms with van der Waals surface area (Å²) in [6.45, 7) is 5.00. The summed E-state index contributed by atoms with van der Waals surface area (Å²) in [6, 6.07) is 12.9. The Morgan fingerprint density at radius 3 is 2.53 bits per heavy atom. The fourth-order valence-electron chi connectivity index (χ4n) is 5.20. The number of aromatic nitrogens is 3. The summed E-state index contributed by atoms with van der Waals surface area (Å²) in [5.74, 6) is 2.16. The second-order valence-corrected chi connectivity index (χ2v) is 8.54. The normalized spacial score (nSPS) is 26.5. The lowest BCUT2D eigenvalue weighted by Gasteiger charge is -2.39. The first kappa shape index (κ1) is 19.2. The Bertz CT molecular complexity index is 992. The molecule has 4 atom stereocenters. The van der Waals surface area contributed by atoms with Gasteiger partial charge in [-0.25, -0.2) is 9.37 Å². The molecule has 3 aromatic rings. The SMILES string of the molecule is Cc1nccn1[C@H]1C[C@H]2CN(Cc3ccccn3)C[C@H]2C[C@@H]1Oc1ccccc1F. The lowest BCUT2D eigenvalue weighted by atomic mass is 9.77.